The molecule has 0 amide bonds. The highest BCUT2D eigenvalue weighted by Gasteiger charge is 2.16. The van der Waals surface area contributed by atoms with Crippen molar-refractivity contribution < 1.29 is 4.92 Å². The Morgan fingerprint density at radius 2 is 1.80 bits per heavy atom. The maximum absolute atomic E-state index is 10.5. The van der Waals surface area contributed by atoms with E-state index in [0.29, 0.717) is 12.0 Å². The molecule has 11 heteroatoms. The normalized spacial score (nSPS) is 14.7. The zero-order chi connectivity index (χ0) is 15.3. The van der Waals surface area contributed by atoms with Crippen molar-refractivity contribution in [3.8, 4) is 0 Å². The minimum atomic E-state index is -2.87. The summed E-state index contributed by atoms with van der Waals surface area (Å²) in [5.41, 5.74) is 2.58. The molecule has 2 unspecified atom stereocenters. The van der Waals surface area contributed by atoms with E-state index in [1.54, 1.807) is 12.1 Å². The van der Waals surface area contributed by atoms with Crippen molar-refractivity contribution in [1.29, 1.82) is 0 Å². The number of nitro benzene ring substituents is 1. The molecule has 0 bridgehead atoms. The van der Waals surface area contributed by atoms with Crippen LogP contribution in [0.15, 0.2) is 29.1 Å². The minimum absolute atomic E-state index is 0.00540. The Hall–Kier alpha value is 0.260. The summed E-state index contributed by atoms with van der Waals surface area (Å²) in [6, 6.07) is 5.88. The number of alkyl halides is 2. The van der Waals surface area contributed by atoms with Crippen LogP contribution in [0.3, 0.4) is 0 Å². The molecule has 2 atom stereocenters. The monoisotopic (exact) mass is 397 g/mol. The molecular weight excluding hydrogens is 390 g/mol. The van der Waals surface area contributed by atoms with Gasteiger partial charge in [-0.2, -0.15) is 10.3 Å². The van der Waals surface area contributed by atoms with Gasteiger partial charge in [0, 0.05) is 12.1 Å². The molecule has 0 spiro atoms. The lowest BCUT2D eigenvalue weighted by Gasteiger charge is -2.14. The van der Waals surface area contributed by atoms with Gasteiger partial charge < -0.3 is 0 Å². The lowest BCUT2D eigenvalue weighted by molar-refractivity contribution is -0.384. The van der Waals surface area contributed by atoms with Crippen LogP contribution in [0.1, 0.15) is 17.4 Å². The first kappa shape index (κ1) is 18.3. The number of nitrogens with zero attached hydrogens (tertiary/aromatic N) is 2. The molecule has 0 saturated heterocycles. The first-order valence-corrected chi connectivity index (χ1v) is 10.5. The van der Waals surface area contributed by atoms with E-state index in [0.717, 1.165) is 0 Å². The predicted molar refractivity (Wildman–Crippen MR) is 86.0 cm³/mol. The second-order valence-electron chi connectivity index (χ2n) is 3.67. The van der Waals surface area contributed by atoms with Gasteiger partial charge in [0.05, 0.1) is 10.3 Å². The summed E-state index contributed by atoms with van der Waals surface area (Å²) in [4.78, 5) is 13.7. The van der Waals surface area contributed by atoms with E-state index in [-0.39, 0.29) is 5.69 Å². The lowest BCUT2D eigenvalue weighted by atomic mass is 10.1. The molecule has 0 aliphatic carbocycles. The molecule has 5 nitrogen and oxygen atoms in total. The van der Waals surface area contributed by atoms with E-state index in [2.05, 4.69) is 10.3 Å². The SMILES string of the molecule is O=[N+]([O-])c1ccc(C(Cl)CC(Cl)NN=P(Cl)(Cl)Cl)cc1. The zero-order valence-electron chi connectivity index (χ0n) is 9.72. The number of nitro groups is 1. The van der Waals surface area contributed by atoms with E-state index in [1.807, 2.05) is 0 Å². The van der Waals surface area contributed by atoms with Crippen LogP contribution < -0.4 is 5.43 Å². The molecule has 0 radical (unpaired) electrons. The molecule has 1 aromatic rings. The van der Waals surface area contributed by atoms with Gasteiger partial charge in [0.15, 0.2) is 0 Å². The Labute approximate surface area is 140 Å². The standard InChI is InChI=1S/C9H9Cl5N3O2P/c10-8(5-9(11)15-16-20(12,13)14)6-1-3-7(4-2-6)17(18)19/h1-4,8-9,15H,5H2. The van der Waals surface area contributed by atoms with Gasteiger partial charge in [-0.3, -0.25) is 10.1 Å². The van der Waals surface area contributed by atoms with E-state index >= 15 is 0 Å². The molecular formula is C9H9Cl5N3O2P. The van der Waals surface area contributed by atoms with E-state index in [4.69, 9.17) is 56.9 Å². The summed E-state index contributed by atoms with van der Waals surface area (Å²) in [6.07, 6.45) is 0.301. The first-order valence-electron chi connectivity index (χ1n) is 5.17. The third kappa shape index (κ3) is 6.81. The van der Waals surface area contributed by atoms with Gasteiger partial charge in [0.1, 0.15) is 5.50 Å². The molecule has 112 valence electrons. The molecule has 0 fully saturated rings. The second kappa shape index (κ2) is 8.04. The van der Waals surface area contributed by atoms with E-state index in [9.17, 15) is 10.1 Å². The van der Waals surface area contributed by atoms with Crippen molar-refractivity contribution in [1.82, 2.24) is 5.43 Å². The van der Waals surface area contributed by atoms with Crippen LogP contribution in [-0.4, -0.2) is 10.4 Å². The van der Waals surface area contributed by atoms with Crippen LogP contribution in [-0.2, 0) is 0 Å². The van der Waals surface area contributed by atoms with Gasteiger partial charge in [-0.15, -0.1) is 23.2 Å². The van der Waals surface area contributed by atoms with E-state index in [1.165, 1.54) is 12.1 Å². The quantitative estimate of drug-likeness (QED) is 0.210. The summed E-state index contributed by atoms with van der Waals surface area (Å²) in [5.74, 6) is 0. The Bertz CT molecular complexity index is 513. The van der Waals surface area contributed by atoms with Gasteiger partial charge in [-0.1, -0.05) is 12.1 Å². The molecule has 1 N–H and O–H groups in total. The number of nitrogens with one attached hydrogen (secondary N) is 1. The number of benzene rings is 1. The maximum atomic E-state index is 10.5. The number of hydrogen-bond donors (Lipinski definition) is 1. The third-order valence-electron chi connectivity index (χ3n) is 2.19. The largest absolute Gasteiger partial charge is 0.269 e. The van der Waals surface area contributed by atoms with E-state index < -0.39 is 20.9 Å². The fourth-order valence-corrected chi connectivity index (χ4v) is 2.68. The van der Waals surface area contributed by atoms with Crippen molar-refractivity contribution in [3.05, 3.63) is 39.9 Å². The fraction of sp³-hybridized carbons (Fsp3) is 0.333. The summed E-state index contributed by atoms with van der Waals surface area (Å²) < 4.78 is 0. The van der Waals surface area contributed by atoms with Crippen molar-refractivity contribution >= 4 is 67.7 Å². The van der Waals surface area contributed by atoms with Crippen molar-refractivity contribution in [2.45, 2.75) is 17.3 Å². The summed E-state index contributed by atoms with van der Waals surface area (Å²) >= 11 is 28.7. The van der Waals surface area contributed by atoms with Crippen LogP contribution >= 0.6 is 62.0 Å². The predicted octanol–water partition coefficient (Wildman–Crippen LogP) is 6.00. The number of halogens is 5. The molecule has 0 heterocycles. The van der Waals surface area contributed by atoms with Gasteiger partial charge in [-0.25, -0.2) is 0 Å². The summed E-state index contributed by atoms with van der Waals surface area (Å²) in [7, 11) is 0. The zero-order valence-corrected chi connectivity index (χ0v) is 14.4. The van der Waals surface area contributed by atoms with Gasteiger partial charge in [0.2, 0.25) is 5.11 Å². The molecule has 20 heavy (non-hydrogen) atoms. The Morgan fingerprint density at radius 3 is 2.25 bits per heavy atom. The molecule has 0 aromatic heterocycles. The van der Waals surface area contributed by atoms with Crippen LogP contribution in [0, 0.1) is 10.1 Å². The number of rotatable bonds is 6. The average Bonchev–Trinajstić information content (AvgIpc) is 2.35. The molecule has 1 aromatic carbocycles. The summed E-state index contributed by atoms with van der Waals surface area (Å²) in [6.45, 7) is 0. The highest BCUT2D eigenvalue weighted by molar-refractivity contribution is 8.26. The number of non-ortho nitro benzene ring substituents is 1. The third-order valence-corrected chi connectivity index (χ3v) is 3.92. The topological polar surface area (TPSA) is 67.5 Å². The highest BCUT2D eigenvalue weighted by Crippen LogP contribution is 2.64. The number of hydrogen-bond acceptors (Lipinski definition) is 3. The van der Waals surface area contributed by atoms with Crippen molar-refractivity contribution in [2.75, 3.05) is 0 Å². The molecule has 1 rings (SSSR count). The fourth-order valence-electron chi connectivity index (χ4n) is 1.30. The molecule has 0 saturated carbocycles. The Kier molecular flexibility index (Phi) is 7.36. The lowest BCUT2D eigenvalue weighted by Crippen LogP contribution is -2.18. The maximum Gasteiger partial charge on any atom is 0.269 e. The van der Waals surface area contributed by atoms with Gasteiger partial charge >= 0.3 is 0 Å². The van der Waals surface area contributed by atoms with Gasteiger partial charge in [0.25, 0.3) is 5.69 Å². The molecule has 0 aliphatic rings. The summed E-state index contributed by atoms with van der Waals surface area (Å²) in [5, 5.41) is 7.21. The van der Waals surface area contributed by atoms with Crippen LogP contribution in [0.4, 0.5) is 5.69 Å². The van der Waals surface area contributed by atoms with Crippen LogP contribution in [0.5, 0.6) is 0 Å². The van der Waals surface area contributed by atoms with Crippen LogP contribution in [0.2, 0.25) is 0 Å². The average molecular weight is 399 g/mol. The first-order chi connectivity index (χ1) is 9.19. The minimum Gasteiger partial charge on any atom is -0.258 e. The highest BCUT2D eigenvalue weighted by atomic mass is 36.0. The Balaban J connectivity index is 2.62. The van der Waals surface area contributed by atoms with Crippen LogP contribution in [0.25, 0.3) is 0 Å². The van der Waals surface area contributed by atoms with Gasteiger partial charge in [-0.05, 0) is 45.7 Å². The van der Waals surface area contributed by atoms with Crippen molar-refractivity contribution in [3.63, 3.8) is 0 Å². The molecule has 0 aliphatic heterocycles. The smallest absolute Gasteiger partial charge is 0.258 e. The second-order valence-corrected chi connectivity index (χ2v) is 11.7. The Morgan fingerprint density at radius 1 is 1.25 bits per heavy atom. The van der Waals surface area contributed by atoms with Crippen molar-refractivity contribution in [2.24, 2.45) is 4.85 Å².